The van der Waals surface area contributed by atoms with E-state index in [1.165, 1.54) is 0 Å². The first-order chi connectivity index (χ1) is 11.1. The van der Waals surface area contributed by atoms with Gasteiger partial charge in [-0.2, -0.15) is 0 Å². The van der Waals surface area contributed by atoms with Crippen molar-refractivity contribution in [3.8, 4) is 0 Å². The molecule has 6 nitrogen and oxygen atoms in total. The molecule has 0 radical (unpaired) electrons. The minimum Gasteiger partial charge on any atom is -0.378 e. The number of amides is 2. The van der Waals surface area contributed by atoms with Crippen LogP contribution >= 0.6 is 0 Å². The molecule has 0 spiro atoms. The van der Waals surface area contributed by atoms with Gasteiger partial charge in [0.2, 0.25) is 11.8 Å². The lowest BCUT2D eigenvalue weighted by Crippen LogP contribution is -2.61. The van der Waals surface area contributed by atoms with E-state index in [1.54, 1.807) is 0 Å². The number of likely N-dealkylation sites (N-methyl/N-ethyl adjacent to an activating group) is 1. The van der Waals surface area contributed by atoms with Crippen LogP contribution in [0.4, 0.5) is 0 Å². The van der Waals surface area contributed by atoms with E-state index in [0.29, 0.717) is 45.2 Å². The smallest absolute Gasteiger partial charge is 0.226 e. The van der Waals surface area contributed by atoms with Gasteiger partial charge in [-0.1, -0.05) is 12.2 Å². The highest BCUT2D eigenvalue weighted by Crippen LogP contribution is 2.31. The van der Waals surface area contributed by atoms with Gasteiger partial charge in [-0.25, -0.2) is 0 Å². The quantitative estimate of drug-likeness (QED) is 0.697. The number of carbonyl (C=O) groups excluding carboxylic acids is 2. The summed E-state index contributed by atoms with van der Waals surface area (Å²) in [7, 11) is 4.08. The number of rotatable bonds is 3. The van der Waals surface area contributed by atoms with Crippen LogP contribution in [0, 0.1) is 11.8 Å². The molecule has 2 heterocycles. The zero-order valence-corrected chi connectivity index (χ0v) is 14.1. The molecule has 2 atom stereocenters. The van der Waals surface area contributed by atoms with Crippen LogP contribution < -0.4 is 0 Å². The first kappa shape index (κ1) is 16.5. The van der Waals surface area contributed by atoms with Gasteiger partial charge in [-0.3, -0.25) is 9.59 Å². The summed E-state index contributed by atoms with van der Waals surface area (Å²) < 4.78 is 5.32. The maximum atomic E-state index is 12.8. The highest BCUT2D eigenvalue weighted by molar-refractivity contribution is 5.88. The minimum absolute atomic E-state index is 0.126. The predicted octanol–water partition coefficient (Wildman–Crippen LogP) is 0.200. The van der Waals surface area contributed by atoms with E-state index in [0.717, 1.165) is 13.1 Å². The van der Waals surface area contributed by atoms with Gasteiger partial charge in [-0.15, -0.1) is 0 Å². The van der Waals surface area contributed by atoms with Crippen molar-refractivity contribution in [3.63, 3.8) is 0 Å². The van der Waals surface area contributed by atoms with E-state index < -0.39 is 0 Å². The zero-order valence-electron chi connectivity index (χ0n) is 14.1. The summed E-state index contributed by atoms with van der Waals surface area (Å²) in [6, 6.07) is 0.450. The second-order valence-electron chi connectivity index (χ2n) is 6.95. The van der Waals surface area contributed by atoms with E-state index in [-0.39, 0.29) is 23.7 Å². The summed E-state index contributed by atoms with van der Waals surface area (Å²) in [6.07, 6.45) is 5.46. The molecule has 2 aliphatic heterocycles. The largest absolute Gasteiger partial charge is 0.378 e. The summed E-state index contributed by atoms with van der Waals surface area (Å²) in [5, 5.41) is 0. The molecule has 1 aliphatic carbocycles. The zero-order chi connectivity index (χ0) is 16.4. The van der Waals surface area contributed by atoms with E-state index in [1.807, 2.05) is 30.0 Å². The standard InChI is InChI=1S/C17H27N3O3/c1-18(2)13-11-20(12-13)17(22)15-6-4-3-5-14(15)16(21)19-7-9-23-10-8-19/h3-4,13-15H,5-12H2,1-2H3/t14-,15+/m0/s1. The average molecular weight is 321 g/mol. The molecule has 0 aromatic rings. The van der Waals surface area contributed by atoms with Gasteiger partial charge >= 0.3 is 0 Å². The lowest BCUT2D eigenvalue weighted by molar-refractivity contribution is -0.152. The van der Waals surface area contributed by atoms with E-state index in [4.69, 9.17) is 4.74 Å². The van der Waals surface area contributed by atoms with Gasteiger partial charge in [0, 0.05) is 32.2 Å². The van der Waals surface area contributed by atoms with Gasteiger partial charge < -0.3 is 19.4 Å². The van der Waals surface area contributed by atoms with Crippen molar-refractivity contribution in [2.45, 2.75) is 18.9 Å². The maximum absolute atomic E-state index is 12.8. The van der Waals surface area contributed by atoms with E-state index >= 15 is 0 Å². The molecule has 2 saturated heterocycles. The first-order valence-corrected chi connectivity index (χ1v) is 8.54. The van der Waals surface area contributed by atoms with Gasteiger partial charge in [-0.05, 0) is 26.9 Å². The van der Waals surface area contributed by atoms with Crippen LogP contribution in [0.1, 0.15) is 12.8 Å². The van der Waals surface area contributed by atoms with E-state index in [9.17, 15) is 9.59 Å². The number of ether oxygens (including phenoxy) is 1. The van der Waals surface area contributed by atoms with Gasteiger partial charge in [0.05, 0.1) is 25.0 Å². The molecule has 0 bridgehead atoms. The van der Waals surface area contributed by atoms with Crippen LogP contribution in [-0.4, -0.2) is 86.0 Å². The minimum atomic E-state index is -0.205. The number of likely N-dealkylation sites (tertiary alicyclic amines) is 1. The number of hydrogen-bond acceptors (Lipinski definition) is 4. The van der Waals surface area contributed by atoms with Crippen molar-refractivity contribution in [1.82, 2.24) is 14.7 Å². The number of hydrogen-bond donors (Lipinski definition) is 0. The Morgan fingerprint density at radius 3 is 2.00 bits per heavy atom. The topological polar surface area (TPSA) is 53.1 Å². The monoisotopic (exact) mass is 321 g/mol. The van der Waals surface area contributed by atoms with Gasteiger partial charge in [0.25, 0.3) is 0 Å². The lowest BCUT2D eigenvalue weighted by Gasteiger charge is -2.45. The molecule has 0 unspecified atom stereocenters. The Morgan fingerprint density at radius 1 is 0.957 bits per heavy atom. The third kappa shape index (κ3) is 3.43. The van der Waals surface area contributed by atoms with Crippen LogP contribution in [0.2, 0.25) is 0 Å². The molecule has 128 valence electrons. The third-order valence-corrected chi connectivity index (χ3v) is 5.29. The van der Waals surface area contributed by atoms with Crippen molar-refractivity contribution in [3.05, 3.63) is 12.2 Å². The fraction of sp³-hybridized carbons (Fsp3) is 0.765. The summed E-state index contributed by atoms with van der Waals surface area (Å²) >= 11 is 0. The molecular formula is C17H27N3O3. The fourth-order valence-corrected chi connectivity index (χ4v) is 3.57. The molecule has 2 fully saturated rings. The molecule has 2 amide bonds. The molecule has 0 N–H and O–H groups in total. The summed E-state index contributed by atoms with van der Waals surface area (Å²) in [4.78, 5) is 31.6. The van der Waals surface area contributed by atoms with Crippen molar-refractivity contribution in [2.75, 3.05) is 53.5 Å². The molecule has 0 aromatic heterocycles. The van der Waals surface area contributed by atoms with Crippen molar-refractivity contribution in [1.29, 1.82) is 0 Å². The Bertz CT molecular complexity index is 479. The normalized spacial score (nSPS) is 28.8. The predicted molar refractivity (Wildman–Crippen MR) is 86.8 cm³/mol. The number of nitrogens with zero attached hydrogens (tertiary/aromatic N) is 3. The second-order valence-corrected chi connectivity index (χ2v) is 6.95. The third-order valence-electron chi connectivity index (χ3n) is 5.29. The van der Waals surface area contributed by atoms with Crippen molar-refractivity contribution >= 4 is 11.8 Å². The van der Waals surface area contributed by atoms with Crippen LogP contribution in [0.25, 0.3) is 0 Å². The summed E-state index contributed by atoms with van der Waals surface area (Å²) in [5.74, 6) is -0.123. The molecule has 6 heteroatoms. The molecule has 0 aromatic carbocycles. The van der Waals surface area contributed by atoms with Crippen LogP contribution in [0.3, 0.4) is 0 Å². The molecule has 3 rings (SSSR count). The Kier molecular flexibility index (Phi) is 5.02. The Morgan fingerprint density at radius 2 is 1.48 bits per heavy atom. The van der Waals surface area contributed by atoms with E-state index in [2.05, 4.69) is 11.0 Å². The fourth-order valence-electron chi connectivity index (χ4n) is 3.57. The molecule has 0 saturated carbocycles. The Labute approximate surface area is 138 Å². The maximum Gasteiger partial charge on any atom is 0.226 e. The lowest BCUT2D eigenvalue weighted by atomic mass is 9.80. The highest BCUT2D eigenvalue weighted by atomic mass is 16.5. The Hall–Kier alpha value is -1.40. The second kappa shape index (κ2) is 7.01. The highest BCUT2D eigenvalue weighted by Gasteiger charge is 2.42. The molecule has 3 aliphatic rings. The average Bonchev–Trinajstić information content (AvgIpc) is 2.53. The molecule has 23 heavy (non-hydrogen) atoms. The SMILES string of the molecule is CN(C)C1CN(C(=O)[C@@H]2CC=CC[C@@H]2C(=O)N2CCOCC2)C1. The van der Waals surface area contributed by atoms with Crippen LogP contribution in [0.5, 0.6) is 0 Å². The van der Waals surface area contributed by atoms with Crippen LogP contribution in [0.15, 0.2) is 12.2 Å². The number of carbonyl (C=O) groups is 2. The summed E-state index contributed by atoms with van der Waals surface area (Å²) in [6.45, 7) is 4.06. The van der Waals surface area contributed by atoms with Crippen molar-refractivity contribution < 1.29 is 14.3 Å². The van der Waals surface area contributed by atoms with Crippen molar-refractivity contribution in [2.24, 2.45) is 11.8 Å². The van der Waals surface area contributed by atoms with Crippen LogP contribution in [-0.2, 0) is 14.3 Å². The van der Waals surface area contributed by atoms with Gasteiger partial charge in [0.1, 0.15) is 0 Å². The Balaban J connectivity index is 1.63. The molecular weight excluding hydrogens is 294 g/mol. The van der Waals surface area contributed by atoms with Gasteiger partial charge in [0.15, 0.2) is 0 Å². The summed E-state index contributed by atoms with van der Waals surface area (Å²) in [5.41, 5.74) is 0. The first-order valence-electron chi connectivity index (χ1n) is 8.54. The number of morpholine rings is 1. The number of allylic oxidation sites excluding steroid dienone is 2.